The third kappa shape index (κ3) is 2.44. The molecule has 0 radical (unpaired) electrons. The van der Waals surface area contributed by atoms with Gasteiger partial charge >= 0.3 is 0 Å². The molecular formula is C18H15N7O. The van der Waals surface area contributed by atoms with Crippen LogP contribution in [-0.2, 0) is 13.1 Å². The van der Waals surface area contributed by atoms with Gasteiger partial charge in [-0.05, 0) is 29.3 Å². The lowest BCUT2D eigenvalue weighted by Gasteiger charge is -2.09. The minimum atomic E-state index is -0.285. The predicted octanol–water partition coefficient (Wildman–Crippen LogP) is 2.00. The minimum Gasteiger partial charge on any atom is -0.321 e. The summed E-state index contributed by atoms with van der Waals surface area (Å²) >= 11 is 0. The fourth-order valence-corrected chi connectivity index (χ4v) is 3.19. The van der Waals surface area contributed by atoms with E-state index in [1.807, 2.05) is 24.3 Å². The van der Waals surface area contributed by atoms with Crippen LogP contribution in [0, 0.1) is 0 Å². The quantitative estimate of drug-likeness (QED) is 0.527. The first kappa shape index (κ1) is 14.8. The highest BCUT2D eigenvalue weighted by Gasteiger charge is 2.17. The molecule has 0 aliphatic carbocycles. The Kier molecular flexibility index (Phi) is 3.29. The van der Waals surface area contributed by atoms with Gasteiger partial charge in [-0.25, -0.2) is 9.97 Å². The van der Waals surface area contributed by atoms with E-state index in [0.29, 0.717) is 17.0 Å². The number of nitrogens with one attached hydrogen (secondary N) is 3. The number of anilines is 1. The number of aromatic amines is 1. The Morgan fingerprint density at radius 3 is 3.00 bits per heavy atom. The molecule has 1 aromatic carbocycles. The topological polar surface area (TPSA) is 101 Å². The van der Waals surface area contributed by atoms with Crippen LogP contribution in [-0.4, -0.2) is 30.6 Å². The van der Waals surface area contributed by atoms with Crippen LogP contribution >= 0.6 is 0 Å². The van der Waals surface area contributed by atoms with Gasteiger partial charge < -0.3 is 10.6 Å². The molecule has 1 aliphatic heterocycles. The number of benzene rings is 1. The number of hydrogen-bond acceptors (Lipinski definition) is 5. The normalized spacial score (nSPS) is 13.1. The highest BCUT2D eigenvalue weighted by Crippen LogP contribution is 2.22. The van der Waals surface area contributed by atoms with Crippen LogP contribution in [0.4, 0.5) is 5.69 Å². The maximum absolute atomic E-state index is 12.9. The number of carbonyl (C=O) groups excluding carboxylic acids is 1. The summed E-state index contributed by atoms with van der Waals surface area (Å²) in [6, 6.07) is 7.80. The summed E-state index contributed by atoms with van der Waals surface area (Å²) in [4.78, 5) is 21.4. The Hall–Kier alpha value is -3.52. The lowest BCUT2D eigenvalue weighted by Crippen LogP contribution is -2.15. The van der Waals surface area contributed by atoms with Crippen molar-refractivity contribution in [2.24, 2.45) is 0 Å². The number of aromatic nitrogens is 5. The molecule has 26 heavy (non-hydrogen) atoms. The van der Waals surface area contributed by atoms with Crippen molar-refractivity contribution in [1.29, 1.82) is 0 Å². The van der Waals surface area contributed by atoms with Crippen molar-refractivity contribution in [2.75, 3.05) is 5.32 Å². The molecule has 3 N–H and O–H groups in total. The number of hydrogen-bond donors (Lipinski definition) is 3. The van der Waals surface area contributed by atoms with Gasteiger partial charge in [-0.1, -0.05) is 6.07 Å². The summed E-state index contributed by atoms with van der Waals surface area (Å²) in [6.45, 7) is 1.69. The van der Waals surface area contributed by atoms with Crippen LogP contribution in [0.2, 0.25) is 0 Å². The number of fused-ring (bicyclic) bond motifs is 2. The minimum absolute atomic E-state index is 0.285. The zero-order valence-electron chi connectivity index (χ0n) is 13.7. The van der Waals surface area contributed by atoms with E-state index in [4.69, 9.17) is 0 Å². The fraction of sp³-hybridized carbons (Fsp3) is 0.111. The third-order valence-corrected chi connectivity index (χ3v) is 4.50. The first-order chi connectivity index (χ1) is 12.8. The average Bonchev–Trinajstić information content (AvgIpc) is 3.40. The Labute approximate surface area is 148 Å². The summed E-state index contributed by atoms with van der Waals surface area (Å²) in [5.41, 5.74) is 4.12. The molecule has 8 heteroatoms. The maximum Gasteiger partial charge on any atom is 0.276 e. The Balaban J connectivity index is 1.53. The van der Waals surface area contributed by atoms with E-state index in [0.717, 1.165) is 24.2 Å². The van der Waals surface area contributed by atoms with Gasteiger partial charge in [0.2, 0.25) is 0 Å². The van der Waals surface area contributed by atoms with Gasteiger partial charge in [-0.2, -0.15) is 5.10 Å². The summed E-state index contributed by atoms with van der Waals surface area (Å²) in [5.74, 6) is 0.326. The van der Waals surface area contributed by atoms with Crippen LogP contribution < -0.4 is 10.6 Å². The number of amides is 1. The molecule has 0 unspecified atom stereocenters. The van der Waals surface area contributed by atoms with E-state index in [1.54, 1.807) is 29.5 Å². The van der Waals surface area contributed by atoms with Crippen LogP contribution in [0.5, 0.6) is 0 Å². The van der Waals surface area contributed by atoms with Crippen molar-refractivity contribution in [2.45, 2.75) is 13.1 Å². The second kappa shape index (κ2) is 5.78. The van der Waals surface area contributed by atoms with Gasteiger partial charge in [0.05, 0.1) is 11.7 Å². The molecule has 0 saturated carbocycles. The van der Waals surface area contributed by atoms with Gasteiger partial charge in [-0.15, -0.1) is 0 Å². The predicted molar refractivity (Wildman–Crippen MR) is 95.9 cm³/mol. The summed E-state index contributed by atoms with van der Waals surface area (Å²) in [7, 11) is 0. The van der Waals surface area contributed by atoms with Crippen molar-refractivity contribution in [3.8, 4) is 5.82 Å². The largest absolute Gasteiger partial charge is 0.321 e. The Morgan fingerprint density at radius 2 is 2.12 bits per heavy atom. The molecule has 8 nitrogen and oxygen atoms in total. The monoisotopic (exact) mass is 345 g/mol. The van der Waals surface area contributed by atoms with Gasteiger partial charge in [-0.3, -0.25) is 14.5 Å². The first-order valence-corrected chi connectivity index (χ1v) is 8.24. The Morgan fingerprint density at radius 1 is 1.19 bits per heavy atom. The second-order valence-corrected chi connectivity index (χ2v) is 6.17. The van der Waals surface area contributed by atoms with Crippen LogP contribution in [0.3, 0.4) is 0 Å². The number of nitrogens with zero attached hydrogens (tertiary/aromatic N) is 4. The zero-order valence-corrected chi connectivity index (χ0v) is 13.7. The molecule has 0 fully saturated rings. The van der Waals surface area contributed by atoms with Crippen molar-refractivity contribution in [3.63, 3.8) is 0 Å². The summed E-state index contributed by atoms with van der Waals surface area (Å²) in [6.07, 6.45) is 6.77. The van der Waals surface area contributed by atoms with Gasteiger partial charge in [0.25, 0.3) is 5.91 Å². The molecule has 0 spiro atoms. The van der Waals surface area contributed by atoms with Crippen molar-refractivity contribution in [1.82, 2.24) is 30.0 Å². The van der Waals surface area contributed by atoms with E-state index >= 15 is 0 Å². The first-order valence-electron chi connectivity index (χ1n) is 8.24. The van der Waals surface area contributed by atoms with Gasteiger partial charge in [0.1, 0.15) is 12.1 Å². The van der Waals surface area contributed by atoms with Gasteiger partial charge in [0.15, 0.2) is 5.69 Å². The van der Waals surface area contributed by atoms with Gasteiger partial charge in [0, 0.05) is 36.6 Å². The van der Waals surface area contributed by atoms with Crippen LogP contribution in [0.25, 0.3) is 16.7 Å². The molecule has 1 aliphatic rings. The van der Waals surface area contributed by atoms with Crippen molar-refractivity contribution in [3.05, 3.63) is 66.0 Å². The molecule has 5 rings (SSSR count). The summed E-state index contributed by atoms with van der Waals surface area (Å²) < 4.78 is 1.75. The standard InChI is InChI=1S/C18H15N7O/c26-18(22-14-2-1-11-7-20-8-12(11)5-14)17-16-13(9-21-24-16)6-15(23-17)25-4-3-19-10-25/h1-6,9-10,20H,7-8H2,(H,21,24)(H,22,26). The molecule has 1 amide bonds. The molecule has 0 atom stereocenters. The SMILES string of the molecule is O=C(Nc1ccc2c(c1)CNC2)c1nc(-n2ccnc2)cc2cn[nH]c12. The van der Waals surface area contributed by atoms with E-state index in [2.05, 4.69) is 30.8 Å². The van der Waals surface area contributed by atoms with Crippen molar-refractivity contribution >= 4 is 22.5 Å². The number of imidazole rings is 1. The van der Waals surface area contributed by atoms with E-state index in [9.17, 15) is 4.79 Å². The van der Waals surface area contributed by atoms with Crippen LogP contribution in [0.1, 0.15) is 21.6 Å². The number of carbonyl (C=O) groups is 1. The Bertz CT molecular complexity index is 1110. The highest BCUT2D eigenvalue weighted by atomic mass is 16.1. The average molecular weight is 345 g/mol. The molecule has 4 aromatic rings. The number of H-pyrrole nitrogens is 1. The number of rotatable bonds is 3. The molecule has 3 aromatic heterocycles. The molecule has 128 valence electrons. The molecular weight excluding hydrogens is 330 g/mol. The maximum atomic E-state index is 12.9. The van der Waals surface area contributed by atoms with Crippen LogP contribution in [0.15, 0.2) is 49.2 Å². The van der Waals surface area contributed by atoms with Crippen molar-refractivity contribution < 1.29 is 4.79 Å². The lowest BCUT2D eigenvalue weighted by molar-refractivity contribution is 0.102. The summed E-state index contributed by atoms with van der Waals surface area (Å²) in [5, 5.41) is 14.0. The zero-order chi connectivity index (χ0) is 17.5. The fourth-order valence-electron chi connectivity index (χ4n) is 3.19. The van der Waals surface area contributed by atoms with E-state index in [-0.39, 0.29) is 5.91 Å². The van der Waals surface area contributed by atoms with E-state index < -0.39 is 0 Å². The third-order valence-electron chi connectivity index (χ3n) is 4.50. The smallest absolute Gasteiger partial charge is 0.276 e. The molecule has 0 bridgehead atoms. The highest BCUT2D eigenvalue weighted by molar-refractivity contribution is 6.10. The molecule has 4 heterocycles. The van der Waals surface area contributed by atoms with E-state index in [1.165, 1.54) is 11.1 Å². The number of pyridine rings is 1. The second-order valence-electron chi connectivity index (χ2n) is 6.17. The molecule has 0 saturated heterocycles. The lowest BCUT2D eigenvalue weighted by atomic mass is 10.1.